The van der Waals surface area contributed by atoms with Crippen LogP contribution in [-0.2, 0) is 17.1 Å². The maximum absolute atomic E-state index is 13.0. The molecule has 0 radical (unpaired) electrons. The molecule has 1 saturated heterocycles. The number of anilines is 1. The van der Waals surface area contributed by atoms with Gasteiger partial charge in [-0.15, -0.1) is 0 Å². The number of para-hydroxylation sites is 1. The maximum atomic E-state index is 13.0. The van der Waals surface area contributed by atoms with Crippen LogP contribution in [0.15, 0.2) is 42.6 Å². The highest BCUT2D eigenvalue weighted by atomic mass is 32.2. The number of aromatic nitrogens is 3. The largest absolute Gasteiger partial charge is 0.474 e. The van der Waals surface area contributed by atoms with Crippen molar-refractivity contribution in [1.82, 2.24) is 19.7 Å². The van der Waals surface area contributed by atoms with Gasteiger partial charge >= 0.3 is 0 Å². The Labute approximate surface area is 181 Å². The Morgan fingerprint density at radius 3 is 2.52 bits per heavy atom. The Morgan fingerprint density at radius 1 is 1.16 bits per heavy atom. The minimum Gasteiger partial charge on any atom is -0.474 e. The van der Waals surface area contributed by atoms with Gasteiger partial charge in [0.1, 0.15) is 6.10 Å². The summed E-state index contributed by atoms with van der Waals surface area (Å²) in [5.41, 5.74) is 1.88. The smallest absolute Gasteiger partial charge is 0.275 e. The van der Waals surface area contributed by atoms with Crippen molar-refractivity contribution >= 4 is 32.5 Å². The van der Waals surface area contributed by atoms with Crippen LogP contribution in [0.4, 0.5) is 5.69 Å². The third kappa shape index (κ3) is 4.34. The van der Waals surface area contributed by atoms with Crippen LogP contribution >= 0.6 is 0 Å². The molecule has 0 atom stereocenters. The molecule has 0 aliphatic carbocycles. The molecule has 31 heavy (non-hydrogen) atoms. The standard InChI is InChI=1S/C21H25N5O4S/c1-24-18-7-5-4-6-17(18)20(23-24)21(27)26-12-10-16(11-13-26)30-19-9-8-15(14-22-19)25(2)31(3,28)29/h4-9,14,16H,10-13H2,1-3H3. The van der Waals surface area contributed by atoms with Gasteiger partial charge < -0.3 is 9.64 Å². The van der Waals surface area contributed by atoms with Crippen LogP contribution in [0.2, 0.25) is 0 Å². The van der Waals surface area contributed by atoms with Crippen molar-refractivity contribution in [3.05, 3.63) is 48.3 Å². The van der Waals surface area contributed by atoms with E-state index in [1.165, 1.54) is 13.2 Å². The van der Waals surface area contributed by atoms with Crippen LogP contribution in [-0.4, -0.2) is 66.5 Å². The van der Waals surface area contributed by atoms with E-state index < -0.39 is 10.0 Å². The Hall–Kier alpha value is -3.14. The molecule has 0 bridgehead atoms. The third-order valence-electron chi connectivity index (χ3n) is 5.56. The number of piperidine rings is 1. The summed E-state index contributed by atoms with van der Waals surface area (Å²) in [6.07, 6.45) is 3.92. The van der Waals surface area contributed by atoms with Gasteiger partial charge in [0.25, 0.3) is 5.91 Å². The fourth-order valence-electron chi connectivity index (χ4n) is 3.69. The van der Waals surface area contributed by atoms with Crippen LogP contribution < -0.4 is 9.04 Å². The molecule has 0 unspecified atom stereocenters. The average Bonchev–Trinajstić information content (AvgIpc) is 3.10. The zero-order valence-electron chi connectivity index (χ0n) is 17.7. The molecule has 1 aliphatic heterocycles. The number of carbonyl (C=O) groups is 1. The summed E-state index contributed by atoms with van der Waals surface area (Å²) in [7, 11) is -0.0220. The first-order valence-corrected chi connectivity index (χ1v) is 11.9. The Bertz CT molecular complexity index is 1200. The minimum atomic E-state index is -3.34. The summed E-state index contributed by atoms with van der Waals surface area (Å²) < 4.78 is 32.1. The fourth-order valence-corrected chi connectivity index (χ4v) is 4.18. The molecule has 10 heteroatoms. The lowest BCUT2D eigenvalue weighted by Crippen LogP contribution is -2.42. The highest BCUT2D eigenvalue weighted by molar-refractivity contribution is 7.92. The Kier molecular flexibility index (Phi) is 5.57. The first-order chi connectivity index (χ1) is 14.7. The first kappa shape index (κ1) is 21.1. The number of nitrogens with zero attached hydrogens (tertiary/aromatic N) is 5. The third-order valence-corrected chi connectivity index (χ3v) is 6.76. The lowest BCUT2D eigenvalue weighted by Gasteiger charge is -2.31. The van der Waals surface area contributed by atoms with Gasteiger partial charge in [-0.25, -0.2) is 13.4 Å². The highest BCUT2D eigenvalue weighted by Crippen LogP contribution is 2.23. The number of sulfonamides is 1. The van der Waals surface area contributed by atoms with Crippen molar-refractivity contribution < 1.29 is 17.9 Å². The molecular formula is C21H25N5O4S. The molecule has 1 aliphatic rings. The van der Waals surface area contributed by atoms with E-state index in [1.807, 2.05) is 36.2 Å². The molecule has 0 saturated carbocycles. The van der Waals surface area contributed by atoms with Gasteiger partial charge in [0.15, 0.2) is 5.69 Å². The maximum Gasteiger partial charge on any atom is 0.275 e. The minimum absolute atomic E-state index is 0.0597. The molecule has 3 heterocycles. The van der Waals surface area contributed by atoms with Crippen LogP contribution in [0, 0.1) is 0 Å². The van der Waals surface area contributed by atoms with Gasteiger partial charge in [0.2, 0.25) is 15.9 Å². The SMILES string of the molecule is CN(c1ccc(OC2CCN(C(=O)c3nn(C)c4ccccc34)CC2)nc1)S(C)(=O)=O. The number of amides is 1. The van der Waals surface area contributed by atoms with Gasteiger partial charge in [0.05, 0.1) is 23.7 Å². The second kappa shape index (κ2) is 8.18. The molecule has 1 aromatic carbocycles. The van der Waals surface area contributed by atoms with Crippen molar-refractivity contribution in [2.24, 2.45) is 7.05 Å². The number of benzene rings is 1. The van der Waals surface area contributed by atoms with Crippen molar-refractivity contribution in [3.63, 3.8) is 0 Å². The summed E-state index contributed by atoms with van der Waals surface area (Å²) >= 11 is 0. The number of carbonyl (C=O) groups excluding carboxylic acids is 1. The highest BCUT2D eigenvalue weighted by Gasteiger charge is 2.27. The van der Waals surface area contributed by atoms with Crippen molar-refractivity contribution in [3.8, 4) is 5.88 Å². The van der Waals surface area contributed by atoms with Crippen LogP contribution in [0.1, 0.15) is 23.3 Å². The average molecular weight is 444 g/mol. The van der Waals surface area contributed by atoms with E-state index in [1.54, 1.807) is 16.8 Å². The fraction of sp³-hybridized carbons (Fsp3) is 0.381. The van der Waals surface area contributed by atoms with Crippen molar-refractivity contribution in [2.45, 2.75) is 18.9 Å². The summed E-state index contributed by atoms with van der Waals surface area (Å²) in [4.78, 5) is 19.1. The van der Waals surface area contributed by atoms with Crippen molar-refractivity contribution in [1.29, 1.82) is 0 Å². The van der Waals surface area contributed by atoms with Crippen LogP contribution in [0.5, 0.6) is 5.88 Å². The van der Waals surface area contributed by atoms with Gasteiger partial charge in [-0.3, -0.25) is 13.8 Å². The van der Waals surface area contributed by atoms with Crippen LogP contribution in [0.3, 0.4) is 0 Å². The molecule has 1 fully saturated rings. The lowest BCUT2D eigenvalue weighted by atomic mass is 10.1. The molecule has 9 nitrogen and oxygen atoms in total. The van der Waals surface area contributed by atoms with Gasteiger partial charge in [0, 0.05) is 51.5 Å². The quantitative estimate of drug-likeness (QED) is 0.599. The first-order valence-electron chi connectivity index (χ1n) is 10.0. The number of hydrogen-bond donors (Lipinski definition) is 0. The van der Waals surface area contributed by atoms with Crippen molar-refractivity contribution in [2.75, 3.05) is 30.7 Å². The molecule has 3 aromatic rings. The van der Waals surface area contributed by atoms with E-state index in [-0.39, 0.29) is 12.0 Å². The normalized spacial score (nSPS) is 15.3. The molecular weight excluding hydrogens is 418 g/mol. The predicted molar refractivity (Wildman–Crippen MR) is 118 cm³/mol. The number of aryl methyl sites for hydroxylation is 1. The van der Waals surface area contributed by atoms with Crippen LogP contribution in [0.25, 0.3) is 10.9 Å². The number of pyridine rings is 1. The van der Waals surface area contributed by atoms with Gasteiger partial charge in [-0.1, -0.05) is 18.2 Å². The van der Waals surface area contributed by atoms with E-state index >= 15 is 0 Å². The van der Waals surface area contributed by atoms with Gasteiger partial charge in [-0.05, 0) is 12.1 Å². The Morgan fingerprint density at radius 2 is 1.87 bits per heavy atom. The second-order valence-electron chi connectivity index (χ2n) is 7.68. The molecule has 2 aromatic heterocycles. The number of fused-ring (bicyclic) bond motifs is 1. The molecule has 164 valence electrons. The van der Waals surface area contributed by atoms with E-state index in [2.05, 4.69) is 10.1 Å². The number of rotatable bonds is 5. The summed E-state index contributed by atoms with van der Waals surface area (Å²) in [5, 5.41) is 5.29. The number of hydrogen-bond acceptors (Lipinski definition) is 6. The summed E-state index contributed by atoms with van der Waals surface area (Å²) in [6, 6.07) is 11.0. The Balaban J connectivity index is 1.37. The van der Waals surface area contributed by atoms with E-state index in [0.29, 0.717) is 43.2 Å². The molecule has 0 spiro atoms. The molecule has 4 rings (SSSR count). The second-order valence-corrected chi connectivity index (χ2v) is 9.70. The topological polar surface area (TPSA) is 97.6 Å². The number of likely N-dealkylation sites (tertiary alicyclic amines) is 1. The predicted octanol–water partition coefficient (Wildman–Crippen LogP) is 2.05. The monoisotopic (exact) mass is 443 g/mol. The van der Waals surface area contributed by atoms with E-state index in [9.17, 15) is 13.2 Å². The zero-order valence-corrected chi connectivity index (χ0v) is 18.5. The lowest BCUT2D eigenvalue weighted by molar-refractivity contribution is 0.0583. The zero-order chi connectivity index (χ0) is 22.2. The van der Waals surface area contributed by atoms with E-state index in [0.717, 1.165) is 21.5 Å². The van der Waals surface area contributed by atoms with E-state index in [4.69, 9.17) is 4.74 Å². The van der Waals surface area contributed by atoms with Gasteiger partial charge in [-0.2, -0.15) is 5.10 Å². The molecule has 1 amide bonds. The number of ether oxygens (including phenoxy) is 1. The summed E-state index contributed by atoms with van der Waals surface area (Å²) in [5.74, 6) is 0.368. The molecule has 0 N–H and O–H groups in total. The summed E-state index contributed by atoms with van der Waals surface area (Å²) in [6.45, 7) is 1.15.